The molecule has 0 aliphatic carbocycles. The minimum Gasteiger partial charge on any atom is -0.0887 e. The Morgan fingerprint density at radius 2 is 1.47 bits per heavy atom. The first-order chi connectivity index (χ1) is 6.82. The number of hydrogen-bond acceptors (Lipinski definition) is 0. The molecule has 0 spiro atoms. The van der Waals surface area contributed by atoms with Crippen LogP contribution in [0.5, 0.6) is 0 Å². The molecule has 1 rings (SSSR count). The molecule has 84 valence electrons. The molecular formula is C14H21Br. The summed E-state index contributed by atoms with van der Waals surface area (Å²) in [5.74, 6) is 0.569. The zero-order valence-electron chi connectivity index (χ0n) is 10.3. The largest absolute Gasteiger partial charge is 0.0887 e. The molecule has 0 bridgehead atoms. The fourth-order valence-corrected chi connectivity index (χ4v) is 1.86. The Morgan fingerprint density at radius 1 is 1.00 bits per heavy atom. The molecule has 1 aromatic carbocycles. The van der Waals surface area contributed by atoms with Gasteiger partial charge in [-0.05, 0) is 22.5 Å². The van der Waals surface area contributed by atoms with Crippen molar-refractivity contribution < 1.29 is 0 Å². The first-order valence-electron chi connectivity index (χ1n) is 5.57. The molecule has 0 N–H and O–H groups in total. The van der Waals surface area contributed by atoms with Gasteiger partial charge in [-0.25, -0.2) is 0 Å². The first-order valence-corrected chi connectivity index (χ1v) is 6.48. The molecule has 0 saturated heterocycles. The third-order valence-electron chi connectivity index (χ3n) is 2.99. The van der Waals surface area contributed by atoms with E-state index in [-0.39, 0.29) is 5.41 Å². The number of halogens is 1. The van der Waals surface area contributed by atoms with Crippen LogP contribution in [0.2, 0.25) is 0 Å². The molecule has 0 heterocycles. The van der Waals surface area contributed by atoms with Gasteiger partial charge in [-0.2, -0.15) is 0 Å². The zero-order chi connectivity index (χ0) is 11.6. The molecule has 15 heavy (non-hydrogen) atoms. The average Bonchev–Trinajstić information content (AvgIpc) is 2.15. The Hall–Kier alpha value is -0.300. The van der Waals surface area contributed by atoms with E-state index in [2.05, 4.69) is 74.8 Å². The minimum absolute atomic E-state index is 0.252. The lowest BCUT2D eigenvalue weighted by Gasteiger charge is -2.21. The van der Waals surface area contributed by atoms with Crippen molar-refractivity contribution in [2.75, 3.05) is 0 Å². The highest BCUT2D eigenvalue weighted by Gasteiger charge is 2.15. The predicted octanol–water partition coefficient (Wildman–Crippen LogP) is 4.87. The van der Waals surface area contributed by atoms with Gasteiger partial charge in [0, 0.05) is 4.83 Å². The monoisotopic (exact) mass is 268 g/mol. The Labute approximate surface area is 102 Å². The second-order valence-electron chi connectivity index (χ2n) is 5.34. The van der Waals surface area contributed by atoms with E-state index in [0.29, 0.717) is 10.7 Å². The van der Waals surface area contributed by atoms with Crippen molar-refractivity contribution in [1.82, 2.24) is 0 Å². The van der Waals surface area contributed by atoms with Crippen molar-refractivity contribution >= 4 is 15.9 Å². The quantitative estimate of drug-likeness (QED) is 0.672. The standard InChI is InChI=1S/C14H21Br/c1-10(11(2)15)12-6-8-13(9-7-12)14(3,4)5/h6-11H,1-5H3. The number of rotatable bonds is 2. The maximum Gasteiger partial charge on any atom is 0.0183 e. The Bertz CT molecular complexity index is 303. The van der Waals surface area contributed by atoms with Gasteiger partial charge in [0.05, 0.1) is 0 Å². The number of hydrogen-bond donors (Lipinski definition) is 0. The molecule has 1 heteroatoms. The van der Waals surface area contributed by atoms with Crippen LogP contribution in [0.3, 0.4) is 0 Å². The second kappa shape index (κ2) is 4.69. The van der Waals surface area contributed by atoms with Gasteiger partial charge in [-0.1, -0.05) is 74.8 Å². The van der Waals surface area contributed by atoms with E-state index in [9.17, 15) is 0 Å². The highest BCUT2D eigenvalue weighted by Crippen LogP contribution is 2.27. The average molecular weight is 269 g/mol. The Morgan fingerprint density at radius 3 is 1.80 bits per heavy atom. The lowest BCUT2D eigenvalue weighted by Crippen LogP contribution is -2.11. The van der Waals surface area contributed by atoms with E-state index in [1.54, 1.807) is 0 Å². The van der Waals surface area contributed by atoms with Crippen LogP contribution in [0.25, 0.3) is 0 Å². The molecule has 1 aromatic rings. The fourth-order valence-electron chi connectivity index (χ4n) is 1.55. The summed E-state index contributed by atoms with van der Waals surface area (Å²) in [7, 11) is 0. The summed E-state index contributed by atoms with van der Waals surface area (Å²) in [6.45, 7) is 11.2. The van der Waals surface area contributed by atoms with Crippen molar-refractivity contribution in [3.63, 3.8) is 0 Å². The lowest BCUT2D eigenvalue weighted by molar-refractivity contribution is 0.589. The van der Waals surface area contributed by atoms with Crippen molar-refractivity contribution in [2.45, 2.75) is 50.8 Å². The third kappa shape index (κ3) is 3.34. The van der Waals surface area contributed by atoms with Crippen LogP contribution in [0.15, 0.2) is 24.3 Å². The molecule has 0 nitrogen and oxygen atoms in total. The Balaban J connectivity index is 2.91. The molecule has 0 aromatic heterocycles. The first kappa shape index (κ1) is 12.8. The number of alkyl halides is 1. The zero-order valence-corrected chi connectivity index (χ0v) is 11.9. The fraction of sp³-hybridized carbons (Fsp3) is 0.571. The van der Waals surface area contributed by atoms with E-state index in [0.717, 1.165) is 0 Å². The summed E-state index contributed by atoms with van der Waals surface area (Å²) in [4.78, 5) is 0.526. The van der Waals surface area contributed by atoms with E-state index in [4.69, 9.17) is 0 Å². The summed E-state index contributed by atoms with van der Waals surface area (Å²) >= 11 is 3.63. The minimum atomic E-state index is 0.252. The summed E-state index contributed by atoms with van der Waals surface area (Å²) < 4.78 is 0. The van der Waals surface area contributed by atoms with Gasteiger partial charge in [0.25, 0.3) is 0 Å². The van der Waals surface area contributed by atoms with Crippen LogP contribution in [-0.4, -0.2) is 4.83 Å². The van der Waals surface area contributed by atoms with E-state index < -0.39 is 0 Å². The molecule has 0 fully saturated rings. The third-order valence-corrected chi connectivity index (χ3v) is 3.78. The van der Waals surface area contributed by atoms with E-state index in [1.807, 2.05) is 0 Å². The Kier molecular flexibility index (Phi) is 3.99. The SMILES string of the molecule is CC(Br)C(C)c1ccc(C(C)(C)C)cc1. The van der Waals surface area contributed by atoms with Gasteiger partial charge in [-0.15, -0.1) is 0 Å². The highest BCUT2D eigenvalue weighted by atomic mass is 79.9. The summed E-state index contributed by atoms with van der Waals surface area (Å²) in [5.41, 5.74) is 3.06. The molecule has 0 radical (unpaired) electrons. The van der Waals surface area contributed by atoms with Gasteiger partial charge in [-0.3, -0.25) is 0 Å². The van der Waals surface area contributed by atoms with Gasteiger partial charge < -0.3 is 0 Å². The molecule has 0 amide bonds. The van der Waals surface area contributed by atoms with Gasteiger partial charge in [0.2, 0.25) is 0 Å². The molecule has 0 aliphatic rings. The molecule has 2 unspecified atom stereocenters. The van der Waals surface area contributed by atoms with Gasteiger partial charge in [0.1, 0.15) is 0 Å². The lowest BCUT2D eigenvalue weighted by atomic mass is 9.85. The predicted molar refractivity (Wildman–Crippen MR) is 71.9 cm³/mol. The van der Waals surface area contributed by atoms with Crippen LogP contribution < -0.4 is 0 Å². The molecule has 2 atom stereocenters. The van der Waals surface area contributed by atoms with Gasteiger partial charge in [0.15, 0.2) is 0 Å². The van der Waals surface area contributed by atoms with Crippen molar-refractivity contribution in [3.8, 4) is 0 Å². The maximum atomic E-state index is 3.63. The molecule has 0 aliphatic heterocycles. The van der Waals surface area contributed by atoms with E-state index >= 15 is 0 Å². The maximum absolute atomic E-state index is 3.63. The summed E-state index contributed by atoms with van der Waals surface area (Å²) in [5, 5.41) is 0. The second-order valence-corrected chi connectivity index (χ2v) is 6.78. The van der Waals surface area contributed by atoms with Crippen molar-refractivity contribution in [1.29, 1.82) is 0 Å². The smallest absolute Gasteiger partial charge is 0.0183 e. The van der Waals surface area contributed by atoms with Crippen molar-refractivity contribution in [3.05, 3.63) is 35.4 Å². The van der Waals surface area contributed by atoms with Crippen molar-refractivity contribution in [2.24, 2.45) is 0 Å². The van der Waals surface area contributed by atoms with E-state index in [1.165, 1.54) is 11.1 Å². The van der Waals surface area contributed by atoms with Gasteiger partial charge >= 0.3 is 0 Å². The van der Waals surface area contributed by atoms with Crippen LogP contribution in [-0.2, 0) is 5.41 Å². The van der Waals surface area contributed by atoms with Crippen LogP contribution in [0, 0.1) is 0 Å². The van der Waals surface area contributed by atoms with Crippen LogP contribution in [0.4, 0.5) is 0 Å². The normalized spacial score (nSPS) is 16.1. The highest BCUT2D eigenvalue weighted by molar-refractivity contribution is 9.09. The van der Waals surface area contributed by atoms with Crippen LogP contribution >= 0.6 is 15.9 Å². The summed E-state index contributed by atoms with van der Waals surface area (Å²) in [6.07, 6.45) is 0. The molecular weight excluding hydrogens is 248 g/mol. The van der Waals surface area contributed by atoms with Crippen LogP contribution in [0.1, 0.15) is 51.7 Å². The topological polar surface area (TPSA) is 0 Å². The molecule has 0 saturated carbocycles. The summed E-state index contributed by atoms with van der Waals surface area (Å²) in [6, 6.07) is 9.01. The number of benzene rings is 1.